The molecule has 0 fully saturated rings. The maximum absolute atomic E-state index is 12.6. The normalized spacial score (nSPS) is 11.4. The Kier molecular flexibility index (Phi) is 4.19. The topological polar surface area (TPSA) is 63.8 Å². The summed E-state index contributed by atoms with van der Waals surface area (Å²) in [5, 5.41) is 2.88. The van der Waals surface area contributed by atoms with E-state index in [1.807, 2.05) is 0 Å². The van der Waals surface area contributed by atoms with E-state index in [0.29, 0.717) is 30.2 Å². The molecule has 0 amide bonds. The molecule has 0 saturated heterocycles. The minimum atomic E-state index is -4.36. The molecule has 106 valence electrons. The van der Waals surface area contributed by atoms with Gasteiger partial charge in [0.25, 0.3) is 0 Å². The number of hydrogen-bond donors (Lipinski definition) is 2. The average Bonchev–Trinajstić information content (AvgIpc) is 2.45. The third kappa shape index (κ3) is 3.45. The highest BCUT2D eigenvalue weighted by Crippen LogP contribution is 2.31. The summed E-state index contributed by atoms with van der Waals surface area (Å²) in [6, 6.07) is 5.05. The molecule has 0 radical (unpaired) electrons. The van der Waals surface area contributed by atoms with E-state index in [1.54, 1.807) is 6.07 Å². The summed E-state index contributed by atoms with van der Waals surface area (Å²) in [6.07, 6.45) is -1.41. The van der Waals surface area contributed by atoms with Crippen molar-refractivity contribution >= 4 is 5.95 Å². The van der Waals surface area contributed by atoms with Crippen LogP contribution >= 0.6 is 0 Å². The standard InChI is InChI=1S/C13H13F3N4/c14-13(15,16)11-3-1-2-9(6-11)10-7-19-12(20-8-10)18-5-4-17/h1-3,6-8H,4-5,17H2,(H,18,19,20). The van der Waals surface area contributed by atoms with E-state index in [4.69, 9.17) is 5.73 Å². The fraction of sp³-hybridized carbons (Fsp3) is 0.231. The first-order valence-electron chi connectivity index (χ1n) is 5.94. The lowest BCUT2D eigenvalue weighted by molar-refractivity contribution is -0.137. The number of rotatable bonds is 4. The largest absolute Gasteiger partial charge is 0.416 e. The van der Waals surface area contributed by atoms with Crippen LogP contribution in [0.3, 0.4) is 0 Å². The Morgan fingerprint density at radius 2 is 1.80 bits per heavy atom. The van der Waals surface area contributed by atoms with Crippen LogP contribution in [0.1, 0.15) is 5.56 Å². The van der Waals surface area contributed by atoms with Crippen LogP contribution in [0, 0.1) is 0 Å². The van der Waals surface area contributed by atoms with Gasteiger partial charge < -0.3 is 11.1 Å². The molecule has 0 spiro atoms. The Hall–Kier alpha value is -2.15. The molecular weight excluding hydrogens is 269 g/mol. The number of nitrogens with two attached hydrogens (primary N) is 1. The Morgan fingerprint density at radius 3 is 2.40 bits per heavy atom. The lowest BCUT2D eigenvalue weighted by atomic mass is 10.1. The Morgan fingerprint density at radius 1 is 1.10 bits per heavy atom. The van der Waals surface area contributed by atoms with Gasteiger partial charge in [0.15, 0.2) is 0 Å². The van der Waals surface area contributed by atoms with E-state index in [2.05, 4.69) is 15.3 Å². The molecule has 0 aliphatic heterocycles. The van der Waals surface area contributed by atoms with Crippen LogP contribution in [0.15, 0.2) is 36.7 Å². The number of nitrogens with one attached hydrogen (secondary N) is 1. The number of benzene rings is 1. The summed E-state index contributed by atoms with van der Waals surface area (Å²) in [5.41, 5.74) is 5.58. The predicted octanol–water partition coefficient (Wildman–Crippen LogP) is 2.53. The third-order valence-corrected chi connectivity index (χ3v) is 2.60. The van der Waals surface area contributed by atoms with Gasteiger partial charge in [0.05, 0.1) is 5.56 Å². The molecule has 4 nitrogen and oxygen atoms in total. The van der Waals surface area contributed by atoms with Gasteiger partial charge in [-0.25, -0.2) is 9.97 Å². The van der Waals surface area contributed by atoms with Crippen molar-refractivity contribution in [2.75, 3.05) is 18.4 Å². The van der Waals surface area contributed by atoms with E-state index in [-0.39, 0.29) is 0 Å². The number of nitrogens with zero attached hydrogens (tertiary/aromatic N) is 2. The first-order valence-corrected chi connectivity index (χ1v) is 5.94. The van der Waals surface area contributed by atoms with Crippen LogP contribution in [0.5, 0.6) is 0 Å². The maximum atomic E-state index is 12.6. The molecule has 20 heavy (non-hydrogen) atoms. The molecule has 2 rings (SSSR count). The molecule has 1 heterocycles. The van der Waals surface area contributed by atoms with Crippen LogP contribution in [-0.4, -0.2) is 23.1 Å². The van der Waals surface area contributed by atoms with E-state index < -0.39 is 11.7 Å². The monoisotopic (exact) mass is 282 g/mol. The summed E-state index contributed by atoms with van der Waals surface area (Å²) >= 11 is 0. The lowest BCUT2D eigenvalue weighted by Crippen LogP contribution is -2.14. The second-order valence-corrected chi connectivity index (χ2v) is 4.09. The summed E-state index contributed by atoms with van der Waals surface area (Å²) in [5.74, 6) is 0.395. The zero-order chi connectivity index (χ0) is 14.6. The van der Waals surface area contributed by atoms with Crippen molar-refractivity contribution in [2.24, 2.45) is 5.73 Å². The van der Waals surface area contributed by atoms with Gasteiger partial charge in [-0.1, -0.05) is 12.1 Å². The van der Waals surface area contributed by atoms with Gasteiger partial charge in [-0.05, 0) is 17.7 Å². The molecule has 3 N–H and O–H groups in total. The van der Waals surface area contributed by atoms with E-state index in [9.17, 15) is 13.2 Å². The zero-order valence-corrected chi connectivity index (χ0v) is 10.5. The fourth-order valence-corrected chi connectivity index (χ4v) is 1.63. The van der Waals surface area contributed by atoms with Crippen molar-refractivity contribution < 1.29 is 13.2 Å². The minimum Gasteiger partial charge on any atom is -0.353 e. The molecule has 0 bridgehead atoms. The Balaban J connectivity index is 2.23. The molecule has 1 aromatic carbocycles. The average molecular weight is 282 g/mol. The Labute approximate surface area is 113 Å². The zero-order valence-electron chi connectivity index (χ0n) is 10.5. The SMILES string of the molecule is NCCNc1ncc(-c2cccc(C(F)(F)F)c2)cn1. The minimum absolute atomic E-state index is 0.395. The lowest BCUT2D eigenvalue weighted by Gasteiger charge is -2.09. The highest BCUT2D eigenvalue weighted by Gasteiger charge is 2.30. The first-order chi connectivity index (χ1) is 9.50. The first kappa shape index (κ1) is 14.3. The molecule has 0 atom stereocenters. The fourth-order valence-electron chi connectivity index (χ4n) is 1.63. The van der Waals surface area contributed by atoms with Crippen molar-refractivity contribution in [3.63, 3.8) is 0 Å². The number of anilines is 1. The van der Waals surface area contributed by atoms with Crippen molar-refractivity contribution in [3.8, 4) is 11.1 Å². The van der Waals surface area contributed by atoms with Crippen molar-refractivity contribution in [2.45, 2.75) is 6.18 Å². The van der Waals surface area contributed by atoms with Gasteiger partial charge in [0.2, 0.25) is 5.95 Å². The van der Waals surface area contributed by atoms with Crippen molar-refractivity contribution in [1.82, 2.24) is 9.97 Å². The molecule has 0 unspecified atom stereocenters. The second kappa shape index (κ2) is 5.87. The molecular formula is C13H13F3N4. The van der Waals surface area contributed by atoms with Crippen molar-refractivity contribution in [1.29, 1.82) is 0 Å². The van der Waals surface area contributed by atoms with E-state index in [1.165, 1.54) is 18.5 Å². The number of aromatic nitrogens is 2. The quantitative estimate of drug-likeness (QED) is 0.904. The molecule has 2 aromatic rings. The number of hydrogen-bond acceptors (Lipinski definition) is 4. The molecule has 0 aliphatic rings. The second-order valence-electron chi connectivity index (χ2n) is 4.09. The van der Waals surface area contributed by atoms with Gasteiger partial charge >= 0.3 is 6.18 Å². The van der Waals surface area contributed by atoms with Crippen LogP contribution in [0.25, 0.3) is 11.1 Å². The Bertz CT molecular complexity index is 567. The summed E-state index contributed by atoms with van der Waals surface area (Å²) in [4.78, 5) is 8.05. The van der Waals surface area contributed by atoms with E-state index >= 15 is 0 Å². The molecule has 1 aromatic heterocycles. The van der Waals surface area contributed by atoms with Gasteiger partial charge in [0, 0.05) is 31.0 Å². The van der Waals surface area contributed by atoms with Crippen LogP contribution in [0.4, 0.5) is 19.1 Å². The van der Waals surface area contributed by atoms with E-state index in [0.717, 1.165) is 12.1 Å². The van der Waals surface area contributed by atoms with Gasteiger partial charge in [-0.15, -0.1) is 0 Å². The van der Waals surface area contributed by atoms with Gasteiger partial charge in [-0.3, -0.25) is 0 Å². The highest BCUT2D eigenvalue weighted by molar-refractivity contribution is 5.63. The summed E-state index contributed by atoms with van der Waals surface area (Å²) < 4.78 is 37.9. The number of halogens is 3. The predicted molar refractivity (Wildman–Crippen MR) is 70.0 cm³/mol. The highest BCUT2D eigenvalue weighted by atomic mass is 19.4. The number of alkyl halides is 3. The molecule has 7 heteroatoms. The van der Waals surface area contributed by atoms with Gasteiger partial charge in [0.1, 0.15) is 0 Å². The maximum Gasteiger partial charge on any atom is 0.416 e. The van der Waals surface area contributed by atoms with Crippen molar-refractivity contribution in [3.05, 3.63) is 42.2 Å². The molecule has 0 aliphatic carbocycles. The smallest absolute Gasteiger partial charge is 0.353 e. The molecule has 0 saturated carbocycles. The van der Waals surface area contributed by atoms with Crippen LogP contribution < -0.4 is 11.1 Å². The summed E-state index contributed by atoms with van der Waals surface area (Å²) in [7, 11) is 0. The van der Waals surface area contributed by atoms with Crippen LogP contribution in [0.2, 0.25) is 0 Å². The van der Waals surface area contributed by atoms with Gasteiger partial charge in [-0.2, -0.15) is 13.2 Å². The van der Waals surface area contributed by atoms with Crippen LogP contribution in [-0.2, 0) is 6.18 Å². The summed E-state index contributed by atoms with van der Waals surface area (Å²) in [6.45, 7) is 0.974. The third-order valence-electron chi connectivity index (χ3n) is 2.60.